The molecule has 0 bridgehead atoms. The van der Waals surface area contributed by atoms with Gasteiger partial charge in [0.2, 0.25) is 0 Å². The minimum atomic E-state index is 0.832. The Morgan fingerprint density at radius 1 is 0.200 bits per heavy atom. The molecular weight excluding hydrogens is 919 g/mol. The first-order chi connectivity index (χ1) is 37.1. The van der Waals surface area contributed by atoms with E-state index in [2.05, 4.69) is 213 Å². The van der Waals surface area contributed by atoms with Crippen molar-refractivity contribution in [3.63, 3.8) is 0 Å². The summed E-state index contributed by atoms with van der Waals surface area (Å²) in [5.41, 5.74) is 20.5. The molecule has 75 heavy (non-hydrogen) atoms. The van der Waals surface area contributed by atoms with Gasteiger partial charge in [0.1, 0.15) is 34.4 Å². The van der Waals surface area contributed by atoms with Gasteiger partial charge in [-0.1, -0.05) is 127 Å². The van der Waals surface area contributed by atoms with Crippen LogP contribution in [0.3, 0.4) is 0 Å². The Labute approximate surface area is 428 Å². The number of benzene rings is 10. The first-order valence-corrected chi connectivity index (χ1v) is 25.1. The number of rotatable bonds is 6. The highest BCUT2D eigenvalue weighted by molar-refractivity contribution is 6.01. The Kier molecular flexibility index (Phi) is 8.84. The monoisotopic (exact) mass is 957 g/mol. The molecular formula is C66H39N9. The quantitative estimate of drug-likeness (QED) is 0.165. The molecule has 0 unspecified atom stereocenters. The highest BCUT2D eigenvalue weighted by Gasteiger charge is 2.20. The Morgan fingerprint density at radius 2 is 0.453 bits per heavy atom. The highest BCUT2D eigenvalue weighted by Crippen LogP contribution is 2.39. The first kappa shape index (κ1) is 41.3. The van der Waals surface area contributed by atoms with E-state index in [9.17, 15) is 0 Å². The summed E-state index contributed by atoms with van der Waals surface area (Å²) in [5, 5.41) is 3.03. The van der Waals surface area contributed by atoms with Crippen LogP contribution < -0.4 is 0 Å². The molecule has 0 radical (unpaired) electrons. The van der Waals surface area contributed by atoms with Crippen LogP contribution in [0.25, 0.3) is 150 Å². The van der Waals surface area contributed by atoms with Crippen molar-refractivity contribution in [2.75, 3.05) is 0 Å². The SMILES string of the molecule is c1cc(-c2cc(-c3cccc(-c4nc5ccccc5c5nc6ccccc6n45)c3)cc(-c3cccc(-c4nc5ccccc5c5nc6ccccc6n45)c3)c2)cc(-c2nc3ccccc3c3nc4ccccc4n23)c1. The second-order valence-corrected chi connectivity index (χ2v) is 19.2. The van der Waals surface area contributed by atoms with Crippen LogP contribution in [0.5, 0.6) is 0 Å². The molecule has 9 heteroatoms. The summed E-state index contributed by atoms with van der Waals surface area (Å²) in [6.07, 6.45) is 0. The zero-order chi connectivity index (χ0) is 49.1. The van der Waals surface area contributed by atoms with Gasteiger partial charge in [-0.15, -0.1) is 0 Å². The third-order valence-corrected chi connectivity index (χ3v) is 14.7. The fourth-order valence-corrected chi connectivity index (χ4v) is 11.3. The van der Waals surface area contributed by atoms with Crippen LogP contribution >= 0.6 is 0 Å². The number of aromatic nitrogens is 9. The molecule has 9 nitrogen and oxygen atoms in total. The van der Waals surface area contributed by atoms with E-state index in [4.69, 9.17) is 29.9 Å². The molecule has 0 aliphatic rings. The Balaban J connectivity index is 0.909. The van der Waals surface area contributed by atoms with Gasteiger partial charge in [0, 0.05) is 32.8 Å². The van der Waals surface area contributed by atoms with E-state index in [1.165, 1.54) is 0 Å². The van der Waals surface area contributed by atoms with Crippen molar-refractivity contribution < 1.29 is 0 Å². The predicted octanol–water partition coefficient (Wildman–Crippen LogP) is 15.7. The van der Waals surface area contributed by atoms with Crippen LogP contribution in [0.2, 0.25) is 0 Å². The van der Waals surface area contributed by atoms with E-state index in [0.717, 1.165) is 150 Å². The summed E-state index contributed by atoms with van der Waals surface area (Å²) in [7, 11) is 0. The summed E-state index contributed by atoms with van der Waals surface area (Å²) in [6, 6.07) is 82.9. The molecule has 0 spiro atoms. The predicted molar refractivity (Wildman–Crippen MR) is 304 cm³/mol. The molecule has 0 atom stereocenters. The van der Waals surface area contributed by atoms with Gasteiger partial charge < -0.3 is 0 Å². The number of imidazole rings is 3. The average molecular weight is 958 g/mol. The molecule has 16 aromatic rings. The third kappa shape index (κ3) is 6.44. The number of nitrogens with zero attached hydrogens (tertiary/aromatic N) is 9. The average Bonchev–Trinajstić information content (AvgIpc) is 4.21. The summed E-state index contributed by atoms with van der Waals surface area (Å²) in [4.78, 5) is 31.5. The van der Waals surface area contributed by atoms with Gasteiger partial charge in [-0.3, -0.25) is 13.2 Å². The third-order valence-electron chi connectivity index (χ3n) is 14.7. The van der Waals surface area contributed by atoms with Crippen LogP contribution in [-0.4, -0.2) is 43.1 Å². The fourth-order valence-electron chi connectivity index (χ4n) is 11.3. The van der Waals surface area contributed by atoms with Gasteiger partial charge in [0.05, 0.1) is 49.7 Å². The maximum absolute atomic E-state index is 5.35. The summed E-state index contributed by atoms with van der Waals surface area (Å²) in [5.74, 6) is 2.50. The number of para-hydroxylation sites is 9. The Morgan fingerprint density at radius 3 is 0.773 bits per heavy atom. The number of fused-ring (bicyclic) bond motifs is 15. The second kappa shape index (κ2) is 16.1. The Bertz CT molecular complexity index is 4530. The zero-order valence-electron chi connectivity index (χ0n) is 40.0. The first-order valence-electron chi connectivity index (χ1n) is 25.1. The number of hydrogen-bond acceptors (Lipinski definition) is 6. The summed E-state index contributed by atoms with van der Waals surface area (Å²) >= 11 is 0. The van der Waals surface area contributed by atoms with E-state index in [-0.39, 0.29) is 0 Å². The van der Waals surface area contributed by atoms with E-state index in [1.807, 2.05) is 36.4 Å². The number of hydrogen-bond donors (Lipinski definition) is 0. The van der Waals surface area contributed by atoms with Crippen molar-refractivity contribution in [3.05, 3.63) is 237 Å². The molecule has 0 saturated heterocycles. The summed E-state index contributed by atoms with van der Waals surface area (Å²) in [6.45, 7) is 0. The van der Waals surface area contributed by atoms with Crippen LogP contribution in [0.4, 0.5) is 0 Å². The maximum Gasteiger partial charge on any atom is 0.149 e. The van der Waals surface area contributed by atoms with Crippen molar-refractivity contribution in [1.29, 1.82) is 0 Å². The van der Waals surface area contributed by atoms with Crippen LogP contribution in [0.15, 0.2) is 237 Å². The smallest absolute Gasteiger partial charge is 0.149 e. The minimum absolute atomic E-state index is 0.832. The van der Waals surface area contributed by atoms with Gasteiger partial charge in [-0.25, -0.2) is 29.9 Å². The van der Waals surface area contributed by atoms with Gasteiger partial charge in [-0.05, 0) is 143 Å². The van der Waals surface area contributed by atoms with Gasteiger partial charge in [0.15, 0.2) is 0 Å². The second-order valence-electron chi connectivity index (χ2n) is 19.2. The van der Waals surface area contributed by atoms with Crippen LogP contribution in [-0.2, 0) is 0 Å². The van der Waals surface area contributed by atoms with E-state index >= 15 is 0 Å². The highest BCUT2D eigenvalue weighted by atomic mass is 15.1. The molecule has 0 amide bonds. The largest absolute Gasteiger partial charge is 0.276 e. The normalized spacial score (nSPS) is 12.0. The molecule has 6 aromatic heterocycles. The van der Waals surface area contributed by atoms with Gasteiger partial charge in [0.25, 0.3) is 0 Å². The van der Waals surface area contributed by atoms with E-state index in [1.54, 1.807) is 0 Å². The molecule has 10 aromatic carbocycles. The molecule has 348 valence electrons. The fraction of sp³-hybridized carbons (Fsp3) is 0. The van der Waals surface area contributed by atoms with E-state index in [0.29, 0.717) is 0 Å². The lowest BCUT2D eigenvalue weighted by atomic mass is 9.91. The van der Waals surface area contributed by atoms with Crippen molar-refractivity contribution in [2.45, 2.75) is 0 Å². The summed E-state index contributed by atoms with van der Waals surface area (Å²) < 4.78 is 6.62. The topological polar surface area (TPSA) is 90.6 Å². The molecule has 6 heterocycles. The van der Waals surface area contributed by atoms with Crippen molar-refractivity contribution in [2.24, 2.45) is 0 Å². The molecule has 0 fully saturated rings. The minimum Gasteiger partial charge on any atom is -0.276 e. The van der Waals surface area contributed by atoms with Crippen molar-refractivity contribution in [3.8, 4) is 67.5 Å². The Hall–Kier alpha value is -10.4. The zero-order valence-corrected chi connectivity index (χ0v) is 40.0. The van der Waals surface area contributed by atoms with Crippen molar-refractivity contribution >= 4 is 82.8 Å². The lowest BCUT2D eigenvalue weighted by Crippen LogP contribution is -1.99. The van der Waals surface area contributed by atoms with Crippen LogP contribution in [0.1, 0.15) is 0 Å². The van der Waals surface area contributed by atoms with Gasteiger partial charge >= 0.3 is 0 Å². The lowest BCUT2D eigenvalue weighted by molar-refractivity contribution is 1.16. The molecule has 0 aliphatic carbocycles. The molecule has 16 rings (SSSR count). The molecule has 0 saturated carbocycles. The maximum atomic E-state index is 5.35. The lowest BCUT2D eigenvalue weighted by Gasteiger charge is -2.15. The molecule has 0 N–H and O–H groups in total. The van der Waals surface area contributed by atoms with Gasteiger partial charge in [-0.2, -0.15) is 0 Å². The van der Waals surface area contributed by atoms with Crippen molar-refractivity contribution in [1.82, 2.24) is 43.1 Å². The van der Waals surface area contributed by atoms with E-state index < -0.39 is 0 Å². The standard InChI is InChI=1S/C66H39N9/c1-4-25-52-49(22-1)64-70-55-28-7-10-31-58(55)73(64)61(67-52)43-19-13-16-40(34-43)46-37-47(41-17-14-20-44(35-41)62-68-53-26-5-2-23-50(53)65-71-56-29-8-11-32-59(56)74(62)65)39-48(38-46)42-18-15-21-45(36-42)63-69-54-27-6-3-24-51(54)66-72-57-30-9-12-33-60(57)75(63)66/h1-39H. The van der Waals surface area contributed by atoms with Crippen LogP contribution in [0, 0.1) is 0 Å². The molecule has 0 aliphatic heterocycles.